The van der Waals surface area contributed by atoms with E-state index in [0.29, 0.717) is 16.8 Å². The van der Waals surface area contributed by atoms with Crippen LogP contribution in [0.3, 0.4) is 0 Å². The SMILES string of the molecule is COc1ccc(NC(=S)N2CCC[C@@H](c3nc4ccc(C)cc4[nH]3)C2)c(OC)c1. The van der Waals surface area contributed by atoms with Gasteiger partial charge in [0.05, 0.1) is 30.9 Å². The minimum atomic E-state index is 0.328. The van der Waals surface area contributed by atoms with E-state index >= 15 is 0 Å². The van der Waals surface area contributed by atoms with Crippen molar-refractivity contribution in [1.29, 1.82) is 0 Å². The van der Waals surface area contributed by atoms with E-state index in [1.54, 1.807) is 14.2 Å². The lowest BCUT2D eigenvalue weighted by Crippen LogP contribution is -2.41. The van der Waals surface area contributed by atoms with E-state index in [0.717, 1.165) is 54.2 Å². The summed E-state index contributed by atoms with van der Waals surface area (Å²) in [5, 5.41) is 4.03. The van der Waals surface area contributed by atoms with Gasteiger partial charge >= 0.3 is 0 Å². The van der Waals surface area contributed by atoms with Crippen LogP contribution in [0.4, 0.5) is 5.69 Å². The van der Waals surface area contributed by atoms with Crippen LogP contribution >= 0.6 is 12.2 Å². The van der Waals surface area contributed by atoms with Gasteiger partial charge in [0.15, 0.2) is 5.11 Å². The number of imidazole rings is 1. The average Bonchev–Trinajstić information content (AvgIpc) is 3.17. The molecule has 0 spiro atoms. The molecule has 3 aromatic rings. The lowest BCUT2D eigenvalue weighted by Gasteiger charge is -2.34. The lowest BCUT2D eigenvalue weighted by atomic mass is 9.98. The fraction of sp³-hybridized carbons (Fsp3) is 0.364. The third kappa shape index (κ3) is 4.15. The van der Waals surface area contributed by atoms with Crippen LogP contribution < -0.4 is 14.8 Å². The number of hydrogen-bond donors (Lipinski definition) is 2. The molecular weight excluding hydrogens is 384 g/mol. The fourth-order valence-electron chi connectivity index (χ4n) is 3.82. The van der Waals surface area contributed by atoms with Gasteiger partial charge in [-0.2, -0.15) is 0 Å². The number of methoxy groups -OCH3 is 2. The molecule has 1 atom stereocenters. The van der Waals surface area contributed by atoms with Crippen LogP contribution in [0, 0.1) is 6.92 Å². The fourth-order valence-corrected chi connectivity index (χ4v) is 4.09. The predicted molar refractivity (Wildman–Crippen MR) is 120 cm³/mol. The highest BCUT2D eigenvalue weighted by molar-refractivity contribution is 7.80. The number of H-pyrrole nitrogens is 1. The van der Waals surface area contributed by atoms with E-state index in [1.165, 1.54) is 5.56 Å². The van der Waals surface area contributed by atoms with Gasteiger partial charge in [0, 0.05) is 25.1 Å². The van der Waals surface area contributed by atoms with E-state index in [4.69, 9.17) is 26.7 Å². The Morgan fingerprint density at radius 1 is 1.21 bits per heavy atom. The van der Waals surface area contributed by atoms with Gasteiger partial charge < -0.3 is 24.7 Å². The summed E-state index contributed by atoms with van der Waals surface area (Å²) < 4.78 is 10.7. The first-order valence-electron chi connectivity index (χ1n) is 9.81. The number of fused-ring (bicyclic) bond motifs is 1. The molecule has 1 aliphatic heterocycles. The van der Waals surface area contributed by atoms with Crippen LogP contribution in [-0.4, -0.2) is 47.3 Å². The monoisotopic (exact) mass is 410 g/mol. The van der Waals surface area contributed by atoms with Crippen molar-refractivity contribution in [3.63, 3.8) is 0 Å². The third-order valence-electron chi connectivity index (χ3n) is 5.40. The number of hydrogen-bond acceptors (Lipinski definition) is 4. The van der Waals surface area contributed by atoms with Crippen molar-refractivity contribution in [2.24, 2.45) is 0 Å². The molecule has 7 heteroatoms. The molecule has 0 amide bonds. The summed E-state index contributed by atoms with van der Waals surface area (Å²) in [4.78, 5) is 10.5. The zero-order valence-corrected chi connectivity index (χ0v) is 17.8. The Morgan fingerprint density at radius 2 is 2.07 bits per heavy atom. The Balaban J connectivity index is 1.48. The molecule has 29 heavy (non-hydrogen) atoms. The summed E-state index contributed by atoms with van der Waals surface area (Å²) >= 11 is 5.71. The molecule has 1 fully saturated rings. The number of thiocarbonyl (C=S) groups is 1. The van der Waals surface area contributed by atoms with Gasteiger partial charge in [-0.25, -0.2) is 4.98 Å². The quantitative estimate of drug-likeness (QED) is 0.619. The van der Waals surface area contributed by atoms with Gasteiger partial charge in [-0.15, -0.1) is 0 Å². The van der Waals surface area contributed by atoms with Crippen molar-refractivity contribution in [2.45, 2.75) is 25.7 Å². The van der Waals surface area contributed by atoms with Crippen molar-refractivity contribution < 1.29 is 9.47 Å². The number of aryl methyl sites for hydroxylation is 1. The summed E-state index contributed by atoms with van der Waals surface area (Å²) in [6.45, 7) is 3.86. The Morgan fingerprint density at radius 3 is 2.86 bits per heavy atom. The molecule has 0 aliphatic carbocycles. The number of aromatic amines is 1. The molecule has 6 nitrogen and oxygen atoms in total. The van der Waals surface area contributed by atoms with Crippen LogP contribution in [-0.2, 0) is 0 Å². The summed E-state index contributed by atoms with van der Waals surface area (Å²) in [6, 6.07) is 12.0. The van der Waals surface area contributed by atoms with Gasteiger partial charge in [0.2, 0.25) is 0 Å². The number of ether oxygens (including phenoxy) is 2. The number of nitrogens with zero attached hydrogens (tertiary/aromatic N) is 2. The molecule has 0 radical (unpaired) electrons. The van der Waals surface area contributed by atoms with Crippen LogP contribution in [0.25, 0.3) is 11.0 Å². The molecule has 1 saturated heterocycles. The number of aromatic nitrogens is 2. The van der Waals surface area contributed by atoms with E-state index in [-0.39, 0.29) is 0 Å². The molecular formula is C22H26N4O2S. The maximum absolute atomic E-state index is 5.71. The molecule has 0 unspecified atom stereocenters. The summed E-state index contributed by atoms with van der Waals surface area (Å²) in [5.74, 6) is 2.82. The predicted octanol–water partition coefficient (Wildman–Crippen LogP) is 4.46. The lowest BCUT2D eigenvalue weighted by molar-refractivity contribution is 0.306. The van der Waals surface area contributed by atoms with Crippen molar-refractivity contribution in [1.82, 2.24) is 14.9 Å². The minimum Gasteiger partial charge on any atom is -0.497 e. The second-order valence-electron chi connectivity index (χ2n) is 7.42. The summed E-state index contributed by atoms with van der Waals surface area (Å²) in [6.07, 6.45) is 2.17. The topological polar surface area (TPSA) is 62.4 Å². The zero-order valence-electron chi connectivity index (χ0n) is 17.0. The Bertz CT molecular complexity index is 1030. The second kappa shape index (κ2) is 8.29. The largest absolute Gasteiger partial charge is 0.497 e. The van der Waals surface area contributed by atoms with Crippen molar-refractivity contribution in [3.8, 4) is 11.5 Å². The number of likely N-dealkylation sites (tertiary alicyclic amines) is 1. The first-order valence-corrected chi connectivity index (χ1v) is 10.2. The van der Waals surface area contributed by atoms with Crippen molar-refractivity contribution in [3.05, 3.63) is 47.8 Å². The average molecular weight is 411 g/mol. The number of anilines is 1. The van der Waals surface area contributed by atoms with Crippen LogP contribution in [0.5, 0.6) is 11.5 Å². The zero-order chi connectivity index (χ0) is 20.4. The number of benzene rings is 2. The third-order valence-corrected chi connectivity index (χ3v) is 5.76. The molecule has 2 heterocycles. The standard InChI is InChI=1S/C22H26N4O2S/c1-14-6-8-17-19(11-14)24-21(23-17)15-5-4-10-26(13-15)22(29)25-18-9-7-16(27-2)12-20(18)28-3/h6-9,11-12,15H,4-5,10,13H2,1-3H3,(H,23,24)(H,25,29)/t15-/m1/s1. The van der Waals surface area contributed by atoms with E-state index < -0.39 is 0 Å². The van der Waals surface area contributed by atoms with E-state index in [1.807, 2.05) is 18.2 Å². The molecule has 152 valence electrons. The molecule has 2 aromatic carbocycles. The molecule has 2 N–H and O–H groups in total. The normalized spacial score (nSPS) is 16.7. The molecule has 0 saturated carbocycles. The number of nitrogens with one attached hydrogen (secondary N) is 2. The number of rotatable bonds is 4. The van der Waals surface area contributed by atoms with Crippen molar-refractivity contribution >= 4 is 34.1 Å². The first-order chi connectivity index (χ1) is 14.1. The second-order valence-corrected chi connectivity index (χ2v) is 7.81. The summed E-state index contributed by atoms with van der Waals surface area (Å²) in [5.41, 5.74) is 4.18. The smallest absolute Gasteiger partial charge is 0.173 e. The molecule has 1 aromatic heterocycles. The Hall–Kier alpha value is -2.80. The highest BCUT2D eigenvalue weighted by Crippen LogP contribution is 2.31. The van der Waals surface area contributed by atoms with Gasteiger partial charge in [0.1, 0.15) is 17.3 Å². The van der Waals surface area contributed by atoms with Gasteiger partial charge in [-0.3, -0.25) is 0 Å². The number of piperidine rings is 1. The Kier molecular flexibility index (Phi) is 5.58. The summed E-state index contributed by atoms with van der Waals surface area (Å²) in [7, 11) is 3.28. The minimum absolute atomic E-state index is 0.328. The molecule has 1 aliphatic rings. The first kappa shape index (κ1) is 19.5. The molecule has 4 rings (SSSR count). The highest BCUT2D eigenvalue weighted by atomic mass is 32.1. The maximum Gasteiger partial charge on any atom is 0.173 e. The van der Waals surface area contributed by atoms with E-state index in [2.05, 4.69) is 40.3 Å². The van der Waals surface area contributed by atoms with Crippen LogP contribution in [0.2, 0.25) is 0 Å². The van der Waals surface area contributed by atoms with Gasteiger partial charge in [-0.1, -0.05) is 6.07 Å². The highest BCUT2D eigenvalue weighted by Gasteiger charge is 2.25. The van der Waals surface area contributed by atoms with Crippen LogP contribution in [0.1, 0.15) is 30.1 Å². The van der Waals surface area contributed by atoms with Crippen LogP contribution in [0.15, 0.2) is 36.4 Å². The van der Waals surface area contributed by atoms with E-state index in [9.17, 15) is 0 Å². The Labute approximate surface area is 176 Å². The van der Waals surface area contributed by atoms with Gasteiger partial charge in [0.25, 0.3) is 0 Å². The maximum atomic E-state index is 5.71. The van der Waals surface area contributed by atoms with Gasteiger partial charge in [-0.05, 0) is 61.8 Å². The van der Waals surface area contributed by atoms with Crippen molar-refractivity contribution in [2.75, 3.05) is 32.6 Å². The molecule has 0 bridgehead atoms.